The van der Waals surface area contributed by atoms with E-state index in [9.17, 15) is 0 Å². The van der Waals surface area contributed by atoms with Crippen LogP contribution in [0.5, 0.6) is 0 Å². The summed E-state index contributed by atoms with van der Waals surface area (Å²) in [4.78, 5) is 0. The van der Waals surface area contributed by atoms with Crippen molar-refractivity contribution >= 4 is 40.3 Å². The fourth-order valence-corrected chi connectivity index (χ4v) is 2.68. The molecular weight excluding hydrogens is 315 g/mol. The molecule has 2 N–H and O–H groups in total. The van der Waals surface area contributed by atoms with Gasteiger partial charge in [-0.05, 0) is 49.2 Å². The molecule has 0 heterocycles. The summed E-state index contributed by atoms with van der Waals surface area (Å²) in [6.07, 6.45) is 4.05. The quantitative estimate of drug-likeness (QED) is 0.324. The highest BCUT2D eigenvalue weighted by Gasteiger charge is 2.22. The average Bonchev–Trinajstić information content (AvgIpc) is 2.50. The minimum atomic E-state index is -0.913. The second-order valence-corrected chi connectivity index (χ2v) is 6.84. The van der Waals surface area contributed by atoms with Crippen molar-refractivity contribution in [2.75, 3.05) is 10.6 Å². The van der Waals surface area contributed by atoms with Crippen LogP contribution in [0.3, 0.4) is 0 Å². The van der Waals surface area contributed by atoms with E-state index in [4.69, 9.17) is 23.2 Å². The molecule has 2 aromatic carbocycles. The third kappa shape index (κ3) is 5.78. The Kier molecular flexibility index (Phi) is 6.41. The van der Waals surface area contributed by atoms with Gasteiger partial charge in [-0.2, -0.15) is 0 Å². The van der Waals surface area contributed by atoms with E-state index in [-0.39, 0.29) is 0 Å². The van der Waals surface area contributed by atoms with Crippen molar-refractivity contribution in [1.82, 2.24) is 0 Å². The van der Waals surface area contributed by atoms with Crippen molar-refractivity contribution in [2.24, 2.45) is 0 Å². The first-order chi connectivity index (χ1) is 10.6. The van der Waals surface area contributed by atoms with E-state index in [1.165, 1.54) is 0 Å². The predicted octanol–water partition coefficient (Wildman–Crippen LogP) is 6.55. The normalized spacial score (nSPS) is 11.2. The molecule has 0 atom stereocenters. The molecule has 0 amide bonds. The van der Waals surface area contributed by atoms with E-state index >= 15 is 0 Å². The Labute approximate surface area is 142 Å². The fourth-order valence-electron chi connectivity index (χ4n) is 2.20. The Morgan fingerprint density at radius 2 is 1.41 bits per heavy atom. The van der Waals surface area contributed by atoms with Crippen molar-refractivity contribution in [2.45, 2.75) is 37.1 Å². The van der Waals surface area contributed by atoms with Crippen molar-refractivity contribution in [1.29, 1.82) is 0 Å². The smallest absolute Gasteiger partial charge is 0.188 e. The minimum absolute atomic E-state index is 0.730. The third-order valence-electron chi connectivity index (χ3n) is 3.37. The lowest BCUT2D eigenvalue weighted by molar-refractivity contribution is 0.640. The number of unbranched alkanes of at least 4 members (excludes halogenated alkanes) is 2. The van der Waals surface area contributed by atoms with Gasteiger partial charge >= 0.3 is 0 Å². The van der Waals surface area contributed by atoms with E-state index in [2.05, 4.69) is 17.6 Å². The zero-order valence-corrected chi connectivity index (χ0v) is 14.3. The van der Waals surface area contributed by atoms with E-state index < -0.39 is 4.46 Å². The Morgan fingerprint density at radius 3 is 2.05 bits per heavy atom. The Hall–Kier alpha value is -1.38. The number of alkyl halides is 2. The molecule has 2 aromatic rings. The first-order valence-electron chi connectivity index (χ1n) is 7.67. The average molecular weight is 337 g/mol. The molecule has 0 aliphatic carbocycles. The zero-order chi connectivity index (χ0) is 15.8. The van der Waals surface area contributed by atoms with Crippen LogP contribution in [0.25, 0.3) is 0 Å². The molecule has 0 saturated heterocycles. The Balaban J connectivity index is 1.91. The van der Waals surface area contributed by atoms with Crippen LogP contribution in [-0.2, 0) is 0 Å². The molecular formula is C18H22Cl2N2. The van der Waals surface area contributed by atoms with Crippen molar-refractivity contribution in [3.05, 3.63) is 54.6 Å². The molecule has 0 aliphatic heterocycles. The molecule has 22 heavy (non-hydrogen) atoms. The van der Waals surface area contributed by atoms with Gasteiger partial charge in [0.25, 0.3) is 0 Å². The molecule has 0 spiro atoms. The van der Waals surface area contributed by atoms with Crippen molar-refractivity contribution in [3.8, 4) is 0 Å². The molecule has 2 rings (SSSR count). The van der Waals surface area contributed by atoms with Gasteiger partial charge in [0.05, 0.1) is 0 Å². The standard InChI is InChI=1S/C18H22Cl2N2/c1-2-3-7-14-18(19,20)22-17-12-10-16(11-13-17)21-15-8-5-4-6-9-15/h4-6,8-13,21-22H,2-3,7,14H2,1H3. The predicted molar refractivity (Wildman–Crippen MR) is 98.4 cm³/mol. The number of nitrogens with one attached hydrogen (secondary N) is 2. The summed E-state index contributed by atoms with van der Waals surface area (Å²) in [6.45, 7) is 2.16. The molecule has 0 saturated carbocycles. The molecule has 0 aromatic heterocycles. The number of anilines is 3. The Bertz CT molecular complexity index is 553. The number of benzene rings is 2. The summed E-state index contributed by atoms with van der Waals surface area (Å²) >= 11 is 12.6. The maximum absolute atomic E-state index is 6.31. The molecule has 118 valence electrons. The monoisotopic (exact) mass is 336 g/mol. The Morgan fingerprint density at radius 1 is 0.818 bits per heavy atom. The summed E-state index contributed by atoms with van der Waals surface area (Å²) in [7, 11) is 0. The van der Waals surface area contributed by atoms with Crippen LogP contribution in [0.1, 0.15) is 32.6 Å². The van der Waals surface area contributed by atoms with Gasteiger partial charge in [0.2, 0.25) is 0 Å². The minimum Gasteiger partial charge on any atom is -0.356 e. The van der Waals surface area contributed by atoms with Crippen LogP contribution in [0.4, 0.5) is 17.1 Å². The van der Waals surface area contributed by atoms with Gasteiger partial charge in [-0.1, -0.05) is 61.2 Å². The SMILES string of the molecule is CCCCCC(Cl)(Cl)Nc1ccc(Nc2ccccc2)cc1. The summed E-state index contributed by atoms with van der Waals surface area (Å²) in [5, 5.41) is 6.51. The van der Waals surface area contributed by atoms with Gasteiger partial charge in [-0.15, -0.1) is 0 Å². The van der Waals surface area contributed by atoms with Crippen LogP contribution in [0.2, 0.25) is 0 Å². The van der Waals surface area contributed by atoms with E-state index in [0.29, 0.717) is 0 Å². The van der Waals surface area contributed by atoms with Gasteiger partial charge in [-0.3, -0.25) is 0 Å². The van der Waals surface area contributed by atoms with Crippen LogP contribution < -0.4 is 10.6 Å². The van der Waals surface area contributed by atoms with Gasteiger partial charge in [0.15, 0.2) is 4.46 Å². The molecule has 0 bridgehead atoms. The second-order valence-electron chi connectivity index (χ2n) is 5.35. The number of hydrogen-bond acceptors (Lipinski definition) is 2. The highest BCUT2D eigenvalue weighted by molar-refractivity contribution is 6.49. The lowest BCUT2D eigenvalue weighted by Gasteiger charge is -2.22. The van der Waals surface area contributed by atoms with E-state index in [0.717, 1.165) is 42.7 Å². The summed E-state index contributed by atoms with van der Waals surface area (Å²) in [5.41, 5.74) is 3.00. The number of hydrogen-bond donors (Lipinski definition) is 2. The van der Waals surface area contributed by atoms with Crippen LogP contribution in [-0.4, -0.2) is 4.46 Å². The molecule has 4 heteroatoms. The maximum Gasteiger partial charge on any atom is 0.188 e. The molecule has 0 unspecified atom stereocenters. The van der Waals surface area contributed by atoms with Gasteiger partial charge in [-0.25, -0.2) is 0 Å². The van der Waals surface area contributed by atoms with Crippen molar-refractivity contribution in [3.63, 3.8) is 0 Å². The van der Waals surface area contributed by atoms with Gasteiger partial charge in [0.1, 0.15) is 0 Å². The first-order valence-corrected chi connectivity index (χ1v) is 8.43. The highest BCUT2D eigenvalue weighted by atomic mass is 35.5. The van der Waals surface area contributed by atoms with Crippen molar-refractivity contribution < 1.29 is 0 Å². The lowest BCUT2D eigenvalue weighted by atomic mass is 10.2. The third-order valence-corrected chi connectivity index (χ3v) is 3.94. The van der Waals surface area contributed by atoms with Gasteiger partial charge in [0, 0.05) is 17.1 Å². The largest absolute Gasteiger partial charge is 0.356 e. The molecule has 0 aliphatic rings. The van der Waals surface area contributed by atoms with Crippen LogP contribution >= 0.6 is 23.2 Å². The van der Waals surface area contributed by atoms with Gasteiger partial charge < -0.3 is 10.6 Å². The summed E-state index contributed by atoms with van der Waals surface area (Å²) in [5.74, 6) is 0. The molecule has 2 nitrogen and oxygen atoms in total. The molecule has 0 fully saturated rings. The zero-order valence-electron chi connectivity index (χ0n) is 12.8. The summed E-state index contributed by atoms with van der Waals surface area (Å²) < 4.78 is -0.913. The fraction of sp³-hybridized carbons (Fsp3) is 0.333. The lowest BCUT2D eigenvalue weighted by Crippen LogP contribution is -2.24. The maximum atomic E-state index is 6.31. The number of rotatable bonds is 8. The number of para-hydroxylation sites is 1. The van der Waals surface area contributed by atoms with E-state index in [1.54, 1.807) is 0 Å². The number of halogens is 2. The first kappa shape index (κ1) is 17.0. The van der Waals surface area contributed by atoms with E-state index in [1.807, 2.05) is 54.6 Å². The van der Waals surface area contributed by atoms with Crippen LogP contribution in [0, 0.1) is 0 Å². The second kappa shape index (κ2) is 8.30. The molecule has 0 radical (unpaired) electrons. The highest BCUT2D eigenvalue weighted by Crippen LogP contribution is 2.30. The summed E-state index contributed by atoms with van der Waals surface area (Å²) in [6, 6.07) is 18.0. The topological polar surface area (TPSA) is 24.1 Å². The van der Waals surface area contributed by atoms with Crippen LogP contribution in [0.15, 0.2) is 54.6 Å².